The van der Waals surface area contributed by atoms with Crippen LogP contribution in [0.3, 0.4) is 0 Å². The van der Waals surface area contributed by atoms with Crippen molar-refractivity contribution in [2.24, 2.45) is 0 Å². The molecule has 1 heterocycles. The predicted molar refractivity (Wildman–Crippen MR) is 109 cm³/mol. The molecule has 4 rings (SSSR count). The van der Waals surface area contributed by atoms with Gasteiger partial charge in [0, 0.05) is 17.8 Å². The van der Waals surface area contributed by atoms with Crippen molar-refractivity contribution in [2.75, 3.05) is 17.7 Å². The summed E-state index contributed by atoms with van der Waals surface area (Å²) in [7, 11) is 1.56. The Hall–Kier alpha value is -3.80. The van der Waals surface area contributed by atoms with E-state index in [0.29, 0.717) is 23.7 Å². The first-order chi connectivity index (χ1) is 13.7. The average Bonchev–Trinajstić information content (AvgIpc) is 3.10. The summed E-state index contributed by atoms with van der Waals surface area (Å²) < 4.78 is 5.23. The van der Waals surface area contributed by atoms with Crippen LogP contribution < -0.4 is 20.7 Å². The van der Waals surface area contributed by atoms with E-state index < -0.39 is 0 Å². The van der Waals surface area contributed by atoms with Crippen LogP contribution in [0.5, 0.6) is 5.75 Å². The molecule has 0 aliphatic carbocycles. The van der Waals surface area contributed by atoms with Crippen LogP contribution in [0.25, 0.3) is 11.1 Å². The maximum absolute atomic E-state index is 12.3. The lowest BCUT2D eigenvalue weighted by Crippen LogP contribution is -2.19. The van der Waals surface area contributed by atoms with Crippen molar-refractivity contribution < 1.29 is 14.3 Å². The highest BCUT2D eigenvalue weighted by atomic mass is 16.5. The Kier molecular flexibility index (Phi) is 4.68. The van der Waals surface area contributed by atoms with Gasteiger partial charge in [0.15, 0.2) is 0 Å². The van der Waals surface area contributed by atoms with Gasteiger partial charge in [0.2, 0.25) is 0 Å². The van der Waals surface area contributed by atoms with Crippen LogP contribution >= 0.6 is 0 Å². The normalized spacial score (nSPS) is 12.1. The van der Waals surface area contributed by atoms with Crippen molar-refractivity contribution in [1.29, 1.82) is 0 Å². The van der Waals surface area contributed by atoms with Gasteiger partial charge >= 0.3 is 6.03 Å². The number of nitrogens with one attached hydrogen (secondary N) is 3. The molecule has 0 radical (unpaired) electrons. The Balaban J connectivity index is 1.49. The molecular weight excluding hydrogens is 354 g/mol. The predicted octanol–water partition coefficient (Wildman–Crippen LogP) is 4.25. The van der Waals surface area contributed by atoms with E-state index in [4.69, 9.17) is 4.74 Å². The summed E-state index contributed by atoms with van der Waals surface area (Å²) in [6.07, 6.45) is 0. The van der Waals surface area contributed by atoms with Crippen LogP contribution in [-0.4, -0.2) is 19.0 Å². The second-order valence-corrected chi connectivity index (χ2v) is 6.37. The highest BCUT2D eigenvalue weighted by molar-refractivity contribution is 6.01. The van der Waals surface area contributed by atoms with Crippen molar-refractivity contribution >= 4 is 23.3 Å². The summed E-state index contributed by atoms with van der Waals surface area (Å²) in [6.45, 7) is 0.533. The van der Waals surface area contributed by atoms with Gasteiger partial charge in [-0.2, -0.15) is 0 Å². The molecule has 3 aromatic rings. The third-order valence-electron chi connectivity index (χ3n) is 4.66. The standard InChI is InChI=1S/C22H19N3O3/c1-28-20-8-3-2-7-19(20)25-22(27)24-15-11-9-14(10-12-15)16-5-4-6-17-18(16)13-23-21(17)26/h2-12H,13H2,1H3,(H,23,26)(H2,24,25,27). The minimum Gasteiger partial charge on any atom is -0.495 e. The third kappa shape index (κ3) is 3.40. The second-order valence-electron chi connectivity index (χ2n) is 6.37. The van der Waals surface area contributed by atoms with Crippen molar-refractivity contribution in [3.05, 3.63) is 77.9 Å². The van der Waals surface area contributed by atoms with Crippen molar-refractivity contribution in [3.63, 3.8) is 0 Å². The van der Waals surface area contributed by atoms with Gasteiger partial charge in [0.1, 0.15) is 5.75 Å². The lowest BCUT2D eigenvalue weighted by Gasteiger charge is -2.12. The first kappa shape index (κ1) is 17.6. The Bertz CT molecular complexity index is 1050. The van der Waals surface area contributed by atoms with E-state index in [-0.39, 0.29) is 11.9 Å². The summed E-state index contributed by atoms with van der Waals surface area (Å²) in [6, 6.07) is 20.1. The van der Waals surface area contributed by atoms with Crippen LogP contribution in [-0.2, 0) is 6.54 Å². The molecule has 3 aromatic carbocycles. The number of para-hydroxylation sites is 2. The molecule has 0 unspecified atom stereocenters. The molecule has 28 heavy (non-hydrogen) atoms. The Labute approximate surface area is 162 Å². The molecule has 6 heteroatoms. The van der Waals surface area contributed by atoms with E-state index in [1.165, 1.54) is 0 Å². The highest BCUT2D eigenvalue weighted by Crippen LogP contribution is 2.30. The molecular formula is C22H19N3O3. The average molecular weight is 373 g/mol. The molecule has 0 saturated carbocycles. The SMILES string of the molecule is COc1ccccc1NC(=O)Nc1ccc(-c2cccc3c2CNC3=O)cc1. The number of hydrogen-bond donors (Lipinski definition) is 3. The molecule has 1 aliphatic rings. The number of rotatable bonds is 4. The topological polar surface area (TPSA) is 79.5 Å². The summed E-state index contributed by atoms with van der Waals surface area (Å²) in [5.74, 6) is 0.553. The molecule has 0 saturated heterocycles. The Morgan fingerprint density at radius 3 is 2.46 bits per heavy atom. The molecule has 0 spiro atoms. The van der Waals surface area contributed by atoms with Gasteiger partial charge < -0.3 is 20.7 Å². The van der Waals surface area contributed by atoms with E-state index in [1.807, 2.05) is 54.6 Å². The lowest BCUT2D eigenvalue weighted by atomic mass is 9.97. The molecule has 6 nitrogen and oxygen atoms in total. The quantitative estimate of drug-likeness (QED) is 0.640. The van der Waals surface area contributed by atoms with E-state index in [9.17, 15) is 9.59 Å². The molecule has 0 fully saturated rings. The number of amides is 3. The molecule has 3 N–H and O–H groups in total. The fourth-order valence-corrected chi connectivity index (χ4v) is 3.29. The maximum Gasteiger partial charge on any atom is 0.323 e. The lowest BCUT2D eigenvalue weighted by molar-refractivity contribution is 0.0965. The molecule has 140 valence electrons. The Morgan fingerprint density at radius 2 is 1.68 bits per heavy atom. The van der Waals surface area contributed by atoms with Gasteiger partial charge in [-0.3, -0.25) is 4.79 Å². The molecule has 0 bridgehead atoms. The minimum absolute atomic E-state index is 0.0388. The first-order valence-electron chi connectivity index (χ1n) is 8.87. The Morgan fingerprint density at radius 1 is 0.929 bits per heavy atom. The minimum atomic E-state index is -0.354. The molecule has 0 atom stereocenters. The van der Waals surface area contributed by atoms with Crippen molar-refractivity contribution in [2.45, 2.75) is 6.54 Å². The number of methoxy groups -OCH3 is 1. The third-order valence-corrected chi connectivity index (χ3v) is 4.66. The number of carbonyl (C=O) groups excluding carboxylic acids is 2. The van der Waals surface area contributed by atoms with Crippen LogP contribution in [0.4, 0.5) is 16.2 Å². The maximum atomic E-state index is 12.3. The van der Waals surface area contributed by atoms with Gasteiger partial charge in [-0.15, -0.1) is 0 Å². The van der Waals surface area contributed by atoms with Crippen LogP contribution in [0, 0.1) is 0 Å². The number of anilines is 2. The van der Waals surface area contributed by atoms with Crippen LogP contribution in [0.15, 0.2) is 66.7 Å². The molecule has 0 aromatic heterocycles. The van der Waals surface area contributed by atoms with Gasteiger partial charge in [0.25, 0.3) is 5.91 Å². The summed E-state index contributed by atoms with van der Waals surface area (Å²) in [4.78, 5) is 24.1. The number of hydrogen-bond acceptors (Lipinski definition) is 3. The number of carbonyl (C=O) groups is 2. The van der Waals surface area contributed by atoms with Crippen molar-refractivity contribution in [1.82, 2.24) is 5.32 Å². The van der Waals surface area contributed by atoms with Crippen LogP contribution in [0.1, 0.15) is 15.9 Å². The zero-order valence-electron chi connectivity index (χ0n) is 15.3. The van der Waals surface area contributed by atoms with E-state index in [0.717, 1.165) is 22.3 Å². The summed E-state index contributed by atoms with van der Waals surface area (Å²) >= 11 is 0. The zero-order chi connectivity index (χ0) is 19.5. The summed E-state index contributed by atoms with van der Waals surface area (Å²) in [5.41, 5.74) is 4.98. The van der Waals surface area contributed by atoms with E-state index >= 15 is 0 Å². The smallest absolute Gasteiger partial charge is 0.323 e. The van der Waals surface area contributed by atoms with Gasteiger partial charge in [-0.05, 0) is 47.0 Å². The second kappa shape index (κ2) is 7.44. The van der Waals surface area contributed by atoms with E-state index in [1.54, 1.807) is 19.2 Å². The highest BCUT2D eigenvalue weighted by Gasteiger charge is 2.21. The summed E-state index contributed by atoms with van der Waals surface area (Å²) in [5, 5.41) is 8.43. The number of ether oxygens (including phenoxy) is 1. The number of urea groups is 1. The van der Waals surface area contributed by atoms with Crippen LogP contribution in [0.2, 0.25) is 0 Å². The number of benzene rings is 3. The van der Waals surface area contributed by atoms with Gasteiger partial charge in [-0.1, -0.05) is 36.4 Å². The molecule has 1 aliphatic heterocycles. The zero-order valence-corrected chi connectivity index (χ0v) is 15.3. The number of fused-ring (bicyclic) bond motifs is 1. The monoisotopic (exact) mass is 373 g/mol. The molecule has 3 amide bonds. The fourth-order valence-electron chi connectivity index (χ4n) is 3.29. The van der Waals surface area contributed by atoms with Gasteiger partial charge in [-0.25, -0.2) is 4.79 Å². The fraction of sp³-hybridized carbons (Fsp3) is 0.0909. The van der Waals surface area contributed by atoms with E-state index in [2.05, 4.69) is 16.0 Å². The van der Waals surface area contributed by atoms with Gasteiger partial charge in [0.05, 0.1) is 12.8 Å². The van der Waals surface area contributed by atoms with Crippen molar-refractivity contribution in [3.8, 4) is 16.9 Å². The largest absolute Gasteiger partial charge is 0.495 e. The first-order valence-corrected chi connectivity index (χ1v) is 8.87.